The summed E-state index contributed by atoms with van der Waals surface area (Å²) >= 11 is 6.02. The van der Waals surface area contributed by atoms with E-state index in [-0.39, 0.29) is 17.2 Å². The summed E-state index contributed by atoms with van der Waals surface area (Å²) in [7, 11) is 0. The van der Waals surface area contributed by atoms with Gasteiger partial charge in [0.05, 0.1) is 22.6 Å². The van der Waals surface area contributed by atoms with Gasteiger partial charge in [-0.3, -0.25) is 14.2 Å². The van der Waals surface area contributed by atoms with E-state index in [0.717, 1.165) is 10.2 Å². The molecule has 0 aliphatic rings. The SMILES string of the molecule is O=C(CSc1nc2ccsc2c(=O)n1-c1ccccc1)Nc1ccccc1Br. The maximum absolute atomic E-state index is 13.0. The Balaban J connectivity index is 1.64. The number of anilines is 1. The fourth-order valence-corrected chi connectivity index (χ4v) is 4.63. The number of para-hydroxylation sites is 2. The van der Waals surface area contributed by atoms with Crippen LogP contribution >= 0.6 is 39.0 Å². The molecule has 0 bridgehead atoms. The van der Waals surface area contributed by atoms with Gasteiger partial charge in [-0.2, -0.15) is 0 Å². The van der Waals surface area contributed by atoms with Crippen molar-refractivity contribution in [3.05, 3.63) is 80.9 Å². The van der Waals surface area contributed by atoms with Crippen LogP contribution in [0, 0.1) is 0 Å². The third kappa shape index (κ3) is 3.89. The molecule has 4 aromatic rings. The molecule has 0 aliphatic carbocycles. The second-order valence-electron chi connectivity index (χ2n) is 5.82. The maximum atomic E-state index is 13.0. The van der Waals surface area contributed by atoms with E-state index in [1.165, 1.54) is 23.1 Å². The highest BCUT2D eigenvalue weighted by atomic mass is 79.9. The van der Waals surface area contributed by atoms with Crippen LogP contribution in [0.25, 0.3) is 15.9 Å². The number of amides is 1. The minimum Gasteiger partial charge on any atom is -0.324 e. The average molecular weight is 472 g/mol. The van der Waals surface area contributed by atoms with Crippen molar-refractivity contribution >= 4 is 60.8 Å². The fourth-order valence-electron chi connectivity index (χ4n) is 2.67. The summed E-state index contributed by atoms with van der Waals surface area (Å²) < 4.78 is 2.98. The van der Waals surface area contributed by atoms with E-state index in [2.05, 4.69) is 26.2 Å². The number of aromatic nitrogens is 2. The van der Waals surface area contributed by atoms with Crippen molar-refractivity contribution in [3.63, 3.8) is 0 Å². The van der Waals surface area contributed by atoms with Crippen LogP contribution in [0.3, 0.4) is 0 Å². The highest BCUT2D eigenvalue weighted by Gasteiger charge is 2.16. The van der Waals surface area contributed by atoms with E-state index in [4.69, 9.17) is 0 Å². The average Bonchev–Trinajstić information content (AvgIpc) is 3.18. The lowest BCUT2D eigenvalue weighted by Crippen LogP contribution is -2.22. The largest absolute Gasteiger partial charge is 0.324 e. The molecule has 0 aliphatic heterocycles. The number of thiophene rings is 1. The molecule has 140 valence electrons. The summed E-state index contributed by atoms with van der Waals surface area (Å²) in [5.41, 5.74) is 1.95. The van der Waals surface area contributed by atoms with Gasteiger partial charge in [0.2, 0.25) is 5.91 Å². The standard InChI is InChI=1S/C20H14BrN3O2S2/c21-14-8-4-5-9-15(14)22-17(25)12-28-20-23-16-10-11-27-18(16)19(26)24(20)13-6-2-1-3-7-13/h1-11H,12H2,(H,22,25). The summed E-state index contributed by atoms with van der Waals surface area (Å²) in [5.74, 6) is -0.0350. The predicted molar refractivity (Wildman–Crippen MR) is 119 cm³/mol. The van der Waals surface area contributed by atoms with Crippen LogP contribution in [0.4, 0.5) is 5.69 Å². The highest BCUT2D eigenvalue weighted by molar-refractivity contribution is 9.10. The molecular formula is C20H14BrN3O2S2. The quantitative estimate of drug-likeness (QED) is 0.330. The summed E-state index contributed by atoms with van der Waals surface area (Å²) in [6, 6.07) is 18.6. The van der Waals surface area contributed by atoms with Crippen LogP contribution in [0.15, 0.2) is 80.5 Å². The first-order valence-electron chi connectivity index (χ1n) is 8.36. The molecule has 4 rings (SSSR count). The van der Waals surface area contributed by atoms with E-state index >= 15 is 0 Å². The number of nitrogens with one attached hydrogen (secondary N) is 1. The van der Waals surface area contributed by atoms with Crippen LogP contribution in [-0.2, 0) is 4.79 Å². The molecule has 28 heavy (non-hydrogen) atoms. The number of hydrogen-bond acceptors (Lipinski definition) is 5. The van der Waals surface area contributed by atoms with Gasteiger partial charge in [0.25, 0.3) is 5.56 Å². The summed E-state index contributed by atoms with van der Waals surface area (Å²) in [6.45, 7) is 0. The molecular weight excluding hydrogens is 458 g/mol. The number of thioether (sulfide) groups is 1. The molecule has 5 nitrogen and oxygen atoms in total. The third-order valence-electron chi connectivity index (χ3n) is 3.94. The van der Waals surface area contributed by atoms with Gasteiger partial charge in [-0.1, -0.05) is 42.1 Å². The first kappa shape index (κ1) is 18.9. The van der Waals surface area contributed by atoms with Crippen molar-refractivity contribution in [2.45, 2.75) is 5.16 Å². The zero-order valence-corrected chi connectivity index (χ0v) is 17.7. The summed E-state index contributed by atoms with van der Waals surface area (Å²) in [6.07, 6.45) is 0. The van der Waals surface area contributed by atoms with Gasteiger partial charge < -0.3 is 5.32 Å². The number of carbonyl (C=O) groups excluding carboxylic acids is 1. The van der Waals surface area contributed by atoms with Crippen molar-refractivity contribution in [2.75, 3.05) is 11.1 Å². The lowest BCUT2D eigenvalue weighted by molar-refractivity contribution is -0.113. The number of carbonyl (C=O) groups is 1. The topological polar surface area (TPSA) is 64.0 Å². The second-order valence-corrected chi connectivity index (χ2v) is 8.54. The predicted octanol–water partition coefficient (Wildman–Crippen LogP) is 4.94. The van der Waals surface area contributed by atoms with Crippen molar-refractivity contribution < 1.29 is 4.79 Å². The van der Waals surface area contributed by atoms with Gasteiger partial charge in [-0.15, -0.1) is 11.3 Å². The molecule has 8 heteroatoms. The fraction of sp³-hybridized carbons (Fsp3) is 0.0500. The number of halogens is 1. The first-order valence-corrected chi connectivity index (χ1v) is 11.0. The summed E-state index contributed by atoms with van der Waals surface area (Å²) in [5, 5.41) is 5.21. The van der Waals surface area contributed by atoms with E-state index in [1.807, 2.05) is 66.0 Å². The third-order valence-corrected chi connectivity index (χ3v) is 6.47. The van der Waals surface area contributed by atoms with Gasteiger partial charge in [-0.05, 0) is 51.6 Å². The minimum absolute atomic E-state index is 0.125. The Kier molecular flexibility index (Phi) is 5.61. The van der Waals surface area contributed by atoms with Crippen molar-refractivity contribution in [2.24, 2.45) is 0 Å². The van der Waals surface area contributed by atoms with E-state index in [9.17, 15) is 9.59 Å². The minimum atomic E-state index is -0.170. The Hall–Kier alpha value is -2.42. The van der Waals surface area contributed by atoms with Gasteiger partial charge in [0, 0.05) is 4.47 Å². The number of hydrogen-bond donors (Lipinski definition) is 1. The van der Waals surface area contributed by atoms with Crippen molar-refractivity contribution in [1.29, 1.82) is 0 Å². The van der Waals surface area contributed by atoms with Crippen LogP contribution in [-0.4, -0.2) is 21.2 Å². The molecule has 0 unspecified atom stereocenters. The second kappa shape index (κ2) is 8.30. The molecule has 0 atom stereocenters. The van der Waals surface area contributed by atoms with Crippen LogP contribution in [0.5, 0.6) is 0 Å². The van der Waals surface area contributed by atoms with Crippen LogP contribution in [0.1, 0.15) is 0 Å². The molecule has 1 amide bonds. The van der Waals surface area contributed by atoms with Crippen molar-refractivity contribution in [3.8, 4) is 5.69 Å². The van der Waals surface area contributed by atoms with Crippen LogP contribution < -0.4 is 10.9 Å². The number of fused-ring (bicyclic) bond motifs is 1. The van der Waals surface area contributed by atoms with E-state index in [0.29, 0.717) is 21.1 Å². The molecule has 0 saturated carbocycles. The van der Waals surface area contributed by atoms with Gasteiger partial charge in [0.15, 0.2) is 5.16 Å². The summed E-state index contributed by atoms with van der Waals surface area (Å²) in [4.78, 5) is 30.0. The molecule has 2 aromatic carbocycles. The zero-order chi connectivity index (χ0) is 19.5. The molecule has 0 spiro atoms. The molecule has 0 radical (unpaired) electrons. The van der Waals surface area contributed by atoms with Gasteiger partial charge in [0.1, 0.15) is 4.70 Å². The number of rotatable bonds is 5. The Morgan fingerprint density at radius 3 is 2.64 bits per heavy atom. The monoisotopic (exact) mass is 471 g/mol. The Morgan fingerprint density at radius 2 is 1.86 bits per heavy atom. The first-order chi connectivity index (χ1) is 13.6. The Bertz CT molecular complexity index is 1210. The number of nitrogens with zero attached hydrogens (tertiary/aromatic N) is 2. The van der Waals surface area contributed by atoms with Crippen molar-refractivity contribution in [1.82, 2.24) is 9.55 Å². The maximum Gasteiger partial charge on any atom is 0.276 e. The number of benzene rings is 2. The van der Waals surface area contributed by atoms with E-state index < -0.39 is 0 Å². The van der Waals surface area contributed by atoms with Gasteiger partial charge >= 0.3 is 0 Å². The zero-order valence-electron chi connectivity index (χ0n) is 14.5. The molecule has 1 N–H and O–H groups in total. The molecule has 2 aromatic heterocycles. The molecule has 2 heterocycles. The Labute approximate surface area is 177 Å². The molecule has 0 saturated heterocycles. The van der Waals surface area contributed by atoms with E-state index in [1.54, 1.807) is 4.57 Å². The Morgan fingerprint density at radius 1 is 1.11 bits per heavy atom. The highest BCUT2D eigenvalue weighted by Crippen LogP contribution is 2.25. The lowest BCUT2D eigenvalue weighted by atomic mass is 10.3. The normalized spacial score (nSPS) is 10.9. The lowest BCUT2D eigenvalue weighted by Gasteiger charge is -2.12. The van der Waals surface area contributed by atoms with Crippen LogP contribution in [0.2, 0.25) is 0 Å². The van der Waals surface area contributed by atoms with Gasteiger partial charge in [-0.25, -0.2) is 4.98 Å². The smallest absolute Gasteiger partial charge is 0.276 e. The molecule has 0 fully saturated rings.